The molecule has 6 nitrogen and oxygen atoms in total. The lowest BCUT2D eigenvalue weighted by molar-refractivity contribution is 0.139. The molecule has 2 atom stereocenters. The van der Waals surface area contributed by atoms with E-state index in [1.54, 1.807) is 13.1 Å². The molecule has 6 N–H and O–H groups in total. The lowest BCUT2D eigenvalue weighted by atomic mass is 10.0. The number of aliphatic hydroxyl groups is 1. The van der Waals surface area contributed by atoms with Crippen molar-refractivity contribution in [1.29, 1.82) is 0 Å². The number of hydrogen-bond donors (Lipinski definition) is 5. The van der Waals surface area contributed by atoms with Crippen molar-refractivity contribution in [2.24, 2.45) is 5.73 Å². The van der Waals surface area contributed by atoms with E-state index in [4.69, 9.17) is 5.73 Å². The van der Waals surface area contributed by atoms with E-state index in [0.717, 1.165) is 16.6 Å². The Morgan fingerprint density at radius 1 is 1.41 bits per heavy atom. The molecule has 0 bridgehead atoms. The first-order chi connectivity index (χ1) is 8.15. The average Bonchev–Trinajstić information content (AvgIpc) is 2.69. The van der Waals surface area contributed by atoms with Crippen molar-refractivity contribution < 1.29 is 5.11 Å². The fraction of sp³-hybridized carbons (Fsp3) is 0.364. The monoisotopic (exact) mass is 236 g/mol. The van der Waals surface area contributed by atoms with E-state index in [2.05, 4.69) is 15.3 Å². The number of benzene rings is 1. The maximum atomic E-state index is 11.1. The highest BCUT2D eigenvalue weighted by Gasteiger charge is 2.18. The van der Waals surface area contributed by atoms with Crippen LogP contribution < -0.4 is 16.7 Å². The Bertz CT molecular complexity index is 560. The molecular weight excluding hydrogens is 220 g/mol. The molecule has 6 heteroatoms. The van der Waals surface area contributed by atoms with E-state index in [1.165, 1.54) is 0 Å². The van der Waals surface area contributed by atoms with Crippen molar-refractivity contribution in [1.82, 2.24) is 15.3 Å². The Hall–Kier alpha value is -1.63. The molecule has 0 spiro atoms. The number of nitrogens with one attached hydrogen (secondary N) is 3. The smallest absolute Gasteiger partial charge is 0.323 e. The van der Waals surface area contributed by atoms with Crippen molar-refractivity contribution in [2.45, 2.75) is 12.1 Å². The zero-order valence-electron chi connectivity index (χ0n) is 9.53. The molecule has 0 aliphatic rings. The average molecular weight is 236 g/mol. The summed E-state index contributed by atoms with van der Waals surface area (Å²) in [5.74, 6) is 0. The van der Waals surface area contributed by atoms with E-state index < -0.39 is 6.10 Å². The van der Waals surface area contributed by atoms with Gasteiger partial charge in [0.25, 0.3) is 0 Å². The molecule has 1 heterocycles. The van der Waals surface area contributed by atoms with Gasteiger partial charge in [-0.2, -0.15) is 0 Å². The Morgan fingerprint density at radius 3 is 2.76 bits per heavy atom. The fourth-order valence-electron chi connectivity index (χ4n) is 1.96. The number of aromatic amines is 2. The lowest BCUT2D eigenvalue weighted by Crippen LogP contribution is -2.34. The summed E-state index contributed by atoms with van der Waals surface area (Å²) in [7, 11) is 1.76. The Labute approximate surface area is 97.8 Å². The maximum absolute atomic E-state index is 11.1. The molecule has 0 fully saturated rings. The molecule has 2 unspecified atom stereocenters. The second-order valence-electron chi connectivity index (χ2n) is 3.95. The van der Waals surface area contributed by atoms with Gasteiger partial charge in [-0.3, -0.25) is 0 Å². The molecule has 2 aromatic rings. The highest BCUT2D eigenvalue weighted by Crippen LogP contribution is 2.19. The largest absolute Gasteiger partial charge is 0.390 e. The van der Waals surface area contributed by atoms with Gasteiger partial charge in [0.15, 0.2) is 0 Å². The zero-order valence-corrected chi connectivity index (χ0v) is 9.53. The van der Waals surface area contributed by atoms with Crippen LogP contribution in [0, 0.1) is 0 Å². The molecule has 92 valence electrons. The Morgan fingerprint density at radius 2 is 2.12 bits per heavy atom. The second kappa shape index (κ2) is 4.70. The van der Waals surface area contributed by atoms with Crippen molar-refractivity contribution in [3.63, 3.8) is 0 Å². The van der Waals surface area contributed by atoms with Crippen LogP contribution in [0.3, 0.4) is 0 Å². The van der Waals surface area contributed by atoms with Gasteiger partial charge in [-0.25, -0.2) is 4.79 Å². The standard InChI is InChI=1S/C11H16N4O2/c1-13-10(9(16)5-12)6-2-3-7-8(4-6)15-11(17)14-7/h2-4,9-10,13,16H,5,12H2,1H3,(H2,14,15,17). The summed E-state index contributed by atoms with van der Waals surface area (Å²) in [5.41, 5.74) is 7.56. The molecule has 1 aromatic carbocycles. The number of aliphatic hydroxyl groups excluding tert-OH is 1. The molecular formula is C11H16N4O2. The van der Waals surface area contributed by atoms with Crippen LogP contribution in [0.2, 0.25) is 0 Å². The third kappa shape index (κ3) is 2.23. The summed E-state index contributed by atoms with van der Waals surface area (Å²) >= 11 is 0. The number of H-pyrrole nitrogens is 2. The predicted octanol–water partition coefficient (Wildman–Crippen LogP) is -0.564. The molecule has 0 amide bonds. The van der Waals surface area contributed by atoms with Gasteiger partial charge in [0, 0.05) is 6.54 Å². The van der Waals surface area contributed by atoms with Crippen molar-refractivity contribution in [2.75, 3.05) is 13.6 Å². The quantitative estimate of drug-likeness (QED) is 0.490. The summed E-state index contributed by atoms with van der Waals surface area (Å²) in [6, 6.07) is 5.23. The number of rotatable bonds is 4. The van der Waals surface area contributed by atoms with Crippen LogP contribution in [0.15, 0.2) is 23.0 Å². The first-order valence-corrected chi connectivity index (χ1v) is 5.43. The van der Waals surface area contributed by atoms with Gasteiger partial charge in [-0.15, -0.1) is 0 Å². The lowest BCUT2D eigenvalue weighted by Gasteiger charge is -2.21. The van der Waals surface area contributed by atoms with Gasteiger partial charge in [0.2, 0.25) is 0 Å². The van der Waals surface area contributed by atoms with E-state index in [1.807, 2.05) is 12.1 Å². The van der Waals surface area contributed by atoms with Crippen LogP contribution in [0.4, 0.5) is 0 Å². The van der Waals surface area contributed by atoms with Gasteiger partial charge in [-0.05, 0) is 24.7 Å². The van der Waals surface area contributed by atoms with Gasteiger partial charge < -0.3 is 26.1 Å². The number of nitrogens with two attached hydrogens (primary N) is 1. The SMILES string of the molecule is CNC(c1ccc2[nH]c(=O)[nH]c2c1)C(O)CN. The minimum Gasteiger partial charge on any atom is -0.390 e. The van der Waals surface area contributed by atoms with E-state index in [9.17, 15) is 9.90 Å². The molecule has 2 rings (SSSR count). The summed E-state index contributed by atoms with van der Waals surface area (Å²) in [6.07, 6.45) is -0.664. The second-order valence-corrected chi connectivity index (χ2v) is 3.95. The molecule has 0 aliphatic carbocycles. The van der Waals surface area contributed by atoms with Gasteiger partial charge >= 0.3 is 5.69 Å². The summed E-state index contributed by atoms with van der Waals surface area (Å²) in [4.78, 5) is 16.5. The van der Waals surface area contributed by atoms with Gasteiger partial charge in [-0.1, -0.05) is 6.07 Å². The van der Waals surface area contributed by atoms with Crippen LogP contribution in [-0.4, -0.2) is 34.8 Å². The zero-order chi connectivity index (χ0) is 12.4. The van der Waals surface area contributed by atoms with E-state index in [0.29, 0.717) is 0 Å². The summed E-state index contributed by atoms with van der Waals surface area (Å²) in [5, 5.41) is 12.8. The predicted molar refractivity (Wildman–Crippen MR) is 65.8 cm³/mol. The first-order valence-electron chi connectivity index (χ1n) is 5.43. The van der Waals surface area contributed by atoms with Crippen LogP contribution in [-0.2, 0) is 0 Å². The third-order valence-corrected chi connectivity index (χ3v) is 2.84. The molecule has 1 aromatic heterocycles. The first kappa shape index (κ1) is 11.8. The Kier molecular flexibility index (Phi) is 3.28. The summed E-state index contributed by atoms with van der Waals surface area (Å²) < 4.78 is 0. The van der Waals surface area contributed by atoms with Gasteiger partial charge in [0.05, 0.1) is 23.2 Å². The van der Waals surface area contributed by atoms with E-state index in [-0.39, 0.29) is 18.3 Å². The summed E-state index contributed by atoms with van der Waals surface area (Å²) in [6.45, 7) is 0.174. The van der Waals surface area contributed by atoms with Crippen molar-refractivity contribution >= 4 is 11.0 Å². The maximum Gasteiger partial charge on any atom is 0.323 e. The minimum atomic E-state index is -0.664. The molecule has 0 radical (unpaired) electrons. The van der Waals surface area contributed by atoms with Gasteiger partial charge in [0.1, 0.15) is 0 Å². The fourth-order valence-corrected chi connectivity index (χ4v) is 1.96. The molecule has 0 saturated heterocycles. The number of imidazole rings is 1. The van der Waals surface area contributed by atoms with Crippen LogP contribution >= 0.6 is 0 Å². The number of hydrogen-bond acceptors (Lipinski definition) is 4. The third-order valence-electron chi connectivity index (χ3n) is 2.84. The highest BCUT2D eigenvalue weighted by molar-refractivity contribution is 5.75. The number of fused-ring (bicyclic) bond motifs is 1. The van der Waals surface area contributed by atoms with Crippen molar-refractivity contribution in [3.8, 4) is 0 Å². The van der Waals surface area contributed by atoms with Crippen molar-refractivity contribution in [3.05, 3.63) is 34.2 Å². The normalized spacial score (nSPS) is 15.0. The highest BCUT2D eigenvalue weighted by atomic mass is 16.3. The topological polar surface area (TPSA) is 107 Å². The number of likely N-dealkylation sites (N-methyl/N-ethyl adjacent to an activating group) is 1. The molecule has 0 saturated carbocycles. The number of aromatic nitrogens is 2. The molecule has 0 aliphatic heterocycles. The minimum absolute atomic E-state index is 0.174. The van der Waals surface area contributed by atoms with Crippen LogP contribution in [0.25, 0.3) is 11.0 Å². The van der Waals surface area contributed by atoms with E-state index >= 15 is 0 Å². The van der Waals surface area contributed by atoms with Crippen LogP contribution in [0.1, 0.15) is 11.6 Å². The van der Waals surface area contributed by atoms with Crippen LogP contribution in [0.5, 0.6) is 0 Å². The molecule has 17 heavy (non-hydrogen) atoms. The Balaban J connectivity index is 2.43.